The Balaban J connectivity index is 1.90. The lowest BCUT2D eigenvalue weighted by molar-refractivity contribution is -0.116. The number of carbonyl (C=O) groups is 1. The maximum Gasteiger partial charge on any atom is 0.271 e. The number of amides is 1. The smallest absolute Gasteiger partial charge is 0.271 e. The van der Waals surface area contributed by atoms with Crippen LogP contribution in [-0.2, 0) is 11.2 Å². The molecule has 0 aliphatic carbocycles. The number of nitrogens with one attached hydrogen (secondary N) is 2. The number of H-pyrrole nitrogens is 1. The highest BCUT2D eigenvalue weighted by atomic mass is 16.2. The Bertz CT molecular complexity index is 576. The van der Waals surface area contributed by atoms with E-state index in [9.17, 15) is 9.59 Å². The molecule has 0 unspecified atom stereocenters. The van der Waals surface area contributed by atoms with Crippen molar-refractivity contribution in [2.45, 2.75) is 12.8 Å². The van der Waals surface area contributed by atoms with Gasteiger partial charge in [0.25, 0.3) is 5.56 Å². The van der Waals surface area contributed by atoms with Crippen molar-refractivity contribution in [3.8, 4) is 0 Å². The quantitative estimate of drug-likeness (QED) is 0.860. The van der Waals surface area contributed by atoms with Gasteiger partial charge in [0.05, 0.1) is 0 Å². The molecule has 2 N–H and O–H groups in total. The number of hydrogen-bond donors (Lipinski definition) is 2. The van der Waals surface area contributed by atoms with Crippen molar-refractivity contribution in [2.75, 3.05) is 5.32 Å². The number of aromatic amines is 1. The first kappa shape index (κ1) is 12.1. The fraction of sp³-hybridized carbons (Fsp3) is 0.143. The van der Waals surface area contributed by atoms with Crippen molar-refractivity contribution in [1.82, 2.24) is 4.98 Å². The summed E-state index contributed by atoms with van der Waals surface area (Å²) in [7, 11) is 0. The van der Waals surface area contributed by atoms with Crippen LogP contribution in [0, 0.1) is 0 Å². The average molecular weight is 242 g/mol. The van der Waals surface area contributed by atoms with Gasteiger partial charge in [0.1, 0.15) is 5.69 Å². The summed E-state index contributed by atoms with van der Waals surface area (Å²) in [6.45, 7) is 0. The summed E-state index contributed by atoms with van der Waals surface area (Å²) in [5.41, 5.74) is 1.11. The van der Waals surface area contributed by atoms with Crippen LogP contribution in [0.2, 0.25) is 0 Å². The van der Waals surface area contributed by atoms with Gasteiger partial charge in [0, 0.05) is 12.6 Å². The first-order chi connectivity index (χ1) is 8.75. The minimum atomic E-state index is -0.287. The third-order valence-electron chi connectivity index (χ3n) is 2.58. The van der Waals surface area contributed by atoms with E-state index in [0.717, 1.165) is 5.56 Å². The van der Waals surface area contributed by atoms with Crippen LogP contribution >= 0.6 is 0 Å². The molecule has 1 aromatic carbocycles. The molecule has 1 amide bonds. The van der Waals surface area contributed by atoms with Gasteiger partial charge in [0.15, 0.2) is 0 Å². The molecule has 2 rings (SSSR count). The number of rotatable bonds is 4. The summed E-state index contributed by atoms with van der Waals surface area (Å²) in [5.74, 6) is -0.157. The van der Waals surface area contributed by atoms with E-state index in [-0.39, 0.29) is 17.2 Å². The van der Waals surface area contributed by atoms with Crippen molar-refractivity contribution >= 4 is 11.6 Å². The molecule has 0 saturated heterocycles. The van der Waals surface area contributed by atoms with Gasteiger partial charge in [-0.15, -0.1) is 0 Å². The monoisotopic (exact) mass is 242 g/mol. The Hall–Kier alpha value is -2.36. The van der Waals surface area contributed by atoms with E-state index in [1.165, 1.54) is 6.20 Å². The van der Waals surface area contributed by atoms with Crippen LogP contribution in [0.5, 0.6) is 0 Å². The van der Waals surface area contributed by atoms with Crippen molar-refractivity contribution < 1.29 is 4.79 Å². The van der Waals surface area contributed by atoms with Crippen molar-refractivity contribution in [3.63, 3.8) is 0 Å². The number of carbonyl (C=O) groups excluding carboxylic acids is 1. The normalized spacial score (nSPS) is 10.0. The lowest BCUT2D eigenvalue weighted by Gasteiger charge is -2.04. The topological polar surface area (TPSA) is 62.0 Å². The molecule has 0 spiro atoms. The largest absolute Gasteiger partial charge is 0.327 e. The fourth-order valence-electron chi connectivity index (χ4n) is 1.64. The zero-order chi connectivity index (χ0) is 12.8. The predicted octanol–water partition coefficient (Wildman–Crippen LogP) is 1.95. The summed E-state index contributed by atoms with van der Waals surface area (Å²) in [6, 6.07) is 13.0. The molecule has 18 heavy (non-hydrogen) atoms. The van der Waals surface area contributed by atoms with Gasteiger partial charge >= 0.3 is 0 Å². The van der Waals surface area contributed by atoms with Crippen LogP contribution in [0.3, 0.4) is 0 Å². The van der Waals surface area contributed by atoms with E-state index in [4.69, 9.17) is 0 Å². The number of hydrogen-bond acceptors (Lipinski definition) is 2. The van der Waals surface area contributed by atoms with Crippen LogP contribution in [0.25, 0.3) is 0 Å². The van der Waals surface area contributed by atoms with E-state index >= 15 is 0 Å². The van der Waals surface area contributed by atoms with E-state index < -0.39 is 0 Å². The Labute approximate surface area is 105 Å². The summed E-state index contributed by atoms with van der Waals surface area (Å²) in [5, 5.41) is 2.60. The zero-order valence-electron chi connectivity index (χ0n) is 9.85. The Kier molecular flexibility index (Phi) is 3.91. The summed E-state index contributed by atoms with van der Waals surface area (Å²) < 4.78 is 0. The second kappa shape index (κ2) is 5.82. The fourth-order valence-corrected chi connectivity index (χ4v) is 1.64. The van der Waals surface area contributed by atoms with Gasteiger partial charge in [-0.25, -0.2) is 0 Å². The molecule has 1 aromatic heterocycles. The minimum Gasteiger partial charge on any atom is -0.327 e. The number of pyridine rings is 1. The van der Waals surface area contributed by atoms with Crippen LogP contribution in [-0.4, -0.2) is 10.9 Å². The maximum atomic E-state index is 11.7. The second-order valence-electron chi connectivity index (χ2n) is 3.95. The van der Waals surface area contributed by atoms with Gasteiger partial charge in [-0.05, 0) is 24.1 Å². The number of aryl methyl sites for hydroxylation is 1. The molecule has 4 nitrogen and oxygen atoms in total. The summed E-state index contributed by atoms with van der Waals surface area (Å²) in [4.78, 5) is 25.5. The third kappa shape index (κ3) is 3.31. The highest BCUT2D eigenvalue weighted by Crippen LogP contribution is 2.04. The van der Waals surface area contributed by atoms with Gasteiger partial charge < -0.3 is 10.3 Å². The first-order valence-corrected chi connectivity index (χ1v) is 5.77. The molecule has 2 aromatic rings. The van der Waals surface area contributed by atoms with E-state index in [2.05, 4.69) is 10.3 Å². The zero-order valence-corrected chi connectivity index (χ0v) is 9.85. The SMILES string of the molecule is O=C(CCc1ccccc1)Nc1ccc[nH]c1=O. The molecule has 0 bridgehead atoms. The van der Waals surface area contributed by atoms with Gasteiger partial charge in [-0.2, -0.15) is 0 Å². The molecule has 0 saturated carbocycles. The predicted molar refractivity (Wildman–Crippen MR) is 70.5 cm³/mol. The van der Waals surface area contributed by atoms with Crippen LogP contribution in [0.1, 0.15) is 12.0 Å². The molecule has 1 heterocycles. The van der Waals surface area contributed by atoms with E-state index in [1.54, 1.807) is 12.1 Å². The minimum absolute atomic E-state index is 0.157. The molecule has 0 fully saturated rings. The first-order valence-electron chi connectivity index (χ1n) is 5.77. The molecule has 92 valence electrons. The summed E-state index contributed by atoms with van der Waals surface area (Å²) in [6.07, 6.45) is 2.55. The maximum absolute atomic E-state index is 11.7. The molecular weight excluding hydrogens is 228 g/mol. The van der Waals surface area contributed by atoms with Crippen LogP contribution in [0.4, 0.5) is 5.69 Å². The molecule has 0 aliphatic rings. The van der Waals surface area contributed by atoms with Crippen molar-refractivity contribution in [3.05, 3.63) is 64.6 Å². The van der Waals surface area contributed by atoms with Gasteiger partial charge in [0.2, 0.25) is 5.91 Å². The Morgan fingerprint density at radius 3 is 2.61 bits per heavy atom. The molecular formula is C14H14N2O2. The van der Waals surface area contributed by atoms with Crippen LogP contribution < -0.4 is 10.9 Å². The molecule has 0 aliphatic heterocycles. The highest BCUT2D eigenvalue weighted by Gasteiger charge is 2.05. The lowest BCUT2D eigenvalue weighted by atomic mass is 10.1. The number of benzene rings is 1. The Morgan fingerprint density at radius 1 is 1.11 bits per heavy atom. The second-order valence-corrected chi connectivity index (χ2v) is 3.95. The highest BCUT2D eigenvalue weighted by molar-refractivity contribution is 5.90. The lowest BCUT2D eigenvalue weighted by Crippen LogP contribution is -2.19. The number of aromatic nitrogens is 1. The van der Waals surface area contributed by atoms with Crippen molar-refractivity contribution in [2.24, 2.45) is 0 Å². The van der Waals surface area contributed by atoms with Gasteiger partial charge in [-0.1, -0.05) is 30.3 Å². The standard InChI is InChI=1S/C14H14N2O2/c17-13(9-8-11-5-2-1-3-6-11)16-12-7-4-10-15-14(12)18/h1-7,10H,8-9H2,(H,15,18)(H,16,17). The van der Waals surface area contributed by atoms with Crippen molar-refractivity contribution in [1.29, 1.82) is 0 Å². The summed E-state index contributed by atoms with van der Waals surface area (Å²) >= 11 is 0. The molecule has 0 radical (unpaired) electrons. The number of anilines is 1. The average Bonchev–Trinajstić information content (AvgIpc) is 2.40. The molecule has 4 heteroatoms. The van der Waals surface area contributed by atoms with Gasteiger partial charge in [-0.3, -0.25) is 9.59 Å². The van der Waals surface area contributed by atoms with E-state index in [0.29, 0.717) is 12.8 Å². The van der Waals surface area contributed by atoms with E-state index in [1.807, 2.05) is 30.3 Å². The third-order valence-corrected chi connectivity index (χ3v) is 2.58. The molecule has 0 atom stereocenters. The Morgan fingerprint density at radius 2 is 1.89 bits per heavy atom. The van der Waals surface area contributed by atoms with Crippen LogP contribution in [0.15, 0.2) is 53.5 Å².